The molecule has 3 aromatic carbocycles. The second kappa shape index (κ2) is 17.3. The Hall–Kier alpha value is -5.65. The van der Waals surface area contributed by atoms with Gasteiger partial charge in [-0.1, -0.05) is 105 Å². The SMILES string of the molecule is CC(C)CCNC(=O)[C@H](Cc1ccccc1)N1CC2N(C(=O)OCCc3ccccc3)O/C(=C\CC(N)=O)C(=O)N2[C@@H](Cc2ccccc2)C1=O. The van der Waals surface area contributed by atoms with E-state index in [4.69, 9.17) is 15.3 Å². The van der Waals surface area contributed by atoms with Crippen molar-refractivity contribution in [3.8, 4) is 0 Å². The maximum Gasteiger partial charge on any atom is 0.445 e. The average molecular weight is 696 g/mol. The number of ether oxygens (including phenoxy) is 1. The summed E-state index contributed by atoms with van der Waals surface area (Å²) >= 11 is 0. The van der Waals surface area contributed by atoms with Crippen LogP contribution in [-0.4, -0.2) is 82.5 Å². The number of amides is 5. The van der Waals surface area contributed by atoms with Gasteiger partial charge >= 0.3 is 6.09 Å². The molecule has 12 nitrogen and oxygen atoms in total. The molecule has 51 heavy (non-hydrogen) atoms. The molecular formula is C39H45N5O7. The second-order valence-corrected chi connectivity index (χ2v) is 13.1. The fraction of sp³-hybridized carbons (Fsp3) is 0.359. The van der Waals surface area contributed by atoms with Gasteiger partial charge in [-0.2, -0.15) is 0 Å². The first kappa shape index (κ1) is 36.6. The highest BCUT2D eigenvalue weighted by Crippen LogP contribution is 2.32. The number of carbonyl (C=O) groups excluding carboxylic acids is 5. The van der Waals surface area contributed by atoms with E-state index in [2.05, 4.69) is 19.2 Å². The van der Waals surface area contributed by atoms with E-state index in [0.29, 0.717) is 18.9 Å². The molecule has 2 aliphatic heterocycles. The van der Waals surface area contributed by atoms with Gasteiger partial charge in [-0.15, -0.1) is 5.06 Å². The van der Waals surface area contributed by atoms with Gasteiger partial charge in [0, 0.05) is 32.2 Å². The van der Waals surface area contributed by atoms with Crippen molar-refractivity contribution in [1.82, 2.24) is 20.2 Å². The Morgan fingerprint density at radius 1 is 0.922 bits per heavy atom. The summed E-state index contributed by atoms with van der Waals surface area (Å²) in [6, 6.07) is 25.9. The summed E-state index contributed by atoms with van der Waals surface area (Å²) < 4.78 is 5.66. The van der Waals surface area contributed by atoms with Crippen LogP contribution >= 0.6 is 0 Å². The first-order valence-electron chi connectivity index (χ1n) is 17.3. The normalized spacial score (nSPS) is 18.6. The molecule has 12 heteroatoms. The van der Waals surface area contributed by atoms with Gasteiger partial charge < -0.3 is 25.5 Å². The molecule has 0 bridgehead atoms. The maximum atomic E-state index is 14.7. The van der Waals surface area contributed by atoms with E-state index >= 15 is 0 Å². The third kappa shape index (κ3) is 9.53. The zero-order valence-electron chi connectivity index (χ0n) is 29.0. The van der Waals surface area contributed by atoms with Crippen molar-refractivity contribution < 1.29 is 33.5 Å². The molecule has 5 rings (SSSR count). The molecule has 0 spiro atoms. The molecule has 3 N–H and O–H groups in total. The number of hydroxylamine groups is 2. The summed E-state index contributed by atoms with van der Waals surface area (Å²) in [7, 11) is 0. The molecular weight excluding hydrogens is 650 g/mol. The Kier molecular flexibility index (Phi) is 12.4. The fourth-order valence-corrected chi connectivity index (χ4v) is 6.20. The predicted octanol–water partition coefficient (Wildman–Crippen LogP) is 3.75. The molecule has 2 fully saturated rings. The van der Waals surface area contributed by atoms with Crippen LogP contribution in [0.5, 0.6) is 0 Å². The number of nitrogens with two attached hydrogens (primary N) is 1. The van der Waals surface area contributed by atoms with Gasteiger partial charge in [0.2, 0.25) is 23.5 Å². The minimum atomic E-state index is -1.17. The highest BCUT2D eigenvalue weighted by molar-refractivity contribution is 5.99. The van der Waals surface area contributed by atoms with Crippen LogP contribution in [-0.2, 0) is 48.0 Å². The van der Waals surface area contributed by atoms with E-state index in [0.717, 1.165) is 28.2 Å². The lowest BCUT2D eigenvalue weighted by Gasteiger charge is -2.52. The van der Waals surface area contributed by atoms with Crippen LogP contribution in [0.25, 0.3) is 0 Å². The van der Waals surface area contributed by atoms with Crippen LogP contribution < -0.4 is 11.1 Å². The van der Waals surface area contributed by atoms with E-state index in [1.165, 1.54) is 15.9 Å². The summed E-state index contributed by atoms with van der Waals surface area (Å²) in [4.78, 5) is 77.0. The second-order valence-electron chi connectivity index (χ2n) is 13.1. The number of benzene rings is 3. The Morgan fingerprint density at radius 3 is 2.14 bits per heavy atom. The third-order valence-electron chi connectivity index (χ3n) is 8.87. The lowest BCUT2D eigenvalue weighted by molar-refractivity contribution is -0.224. The molecule has 2 heterocycles. The number of piperazine rings is 1. The van der Waals surface area contributed by atoms with Crippen molar-refractivity contribution in [2.24, 2.45) is 11.7 Å². The molecule has 1 unspecified atom stereocenters. The van der Waals surface area contributed by atoms with Gasteiger partial charge in [-0.3, -0.25) is 24.1 Å². The van der Waals surface area contributed by atoms with Gasteiger partial charge in [-0.25, -0.2) is 4.79 Å². The Morgan fingerprint density at radius 2 is 1.53 bits per heavy atom. The van der Waals surface area contributed by atoms with Crippen LogP contribution in [0.4, 0.5) is 4.79 Å². The predicted molar refractivity (Wildman–Crippen MR) is 189 cm³/mol. The van der Waals surface area contributed by atoms with Crippen molar-refractivity contribution >= 4 is 29.7 Å². The molecule has 2 saturated heterocycles. The molecule has 0 aromatic heterocycles. The first-order chi connectivity index (χ1) is 24.6. The monoisotopic (exact) mass is 695 g/mol. The van der Waals surface area contributed by atoms with Crippen molar-refractivity contribution in [2.45, 2.75) is 64.2 Å². The highest BCUT2D eigenvalue weighted by Gasteiger charge is 2.54. The number of fused-ring (bicyclic) bond motifs is 1. The highest BCUT2D eigenvalue weighted by atomic mass is 16.7. The molecule has 268 valence electrons. The number of carbonyl (C=O) groups is 5. The molecule has 3 aromatic rings. The van der Waals surface area contributed by atoms with E-state index in [1.54, 1.807) is 0 Å². The van der Waals surface area contributed by atoms with Crippen molar-refractivity contribution in [1.29, 1.82) is 0 Å². The molecule has 0 aliphatic carbocycles. The van der Waals surface area contributed by atoms with E-state index in [9.17, 15) is 24.0 Å². The fourth-order valence-electron chi connectivity index (χ4n) is 6.20. The van der Waals surface area contributed by atoms with Crippen molar-refractivity contribution in [3.63, 3.8) is 0 Å². The van der Waals surface area contributed by atoms with Gasteiger partial charge in [0.1, 0.15) is 12.1 Å². The topological polar surface area (TPSA) is 152 Å². The number of nitrogens with one attached hydrogen (secondary N) is 1. The quantitative estimate of drug-likeness (QED) is 0.244. The molecule has 0 radical (unpaired) electrons. The Bertz CT molecular complexity index is 1700. The van der Waals surface area contributed by atoms with Crippen LogP contribution in [0.1, 0.15) is 43.4 Å². The minimum Gasteiger partial charge on any atom is -0.447 e. The maximum absolute atomic E-state index is 14.7. The smallest absolute Gasteiger partial charge is 0.445 e. The summed E-state index contributed by atoms with van der Waals surface area (Å²) in [5.41, 5.74) is 7.93. The molecule has 2 aliphatic rings. The standard InChI is InChI=1S/C39H45N5O7/c1-27(2)20-22-41-36(46)31(24-29-14-8-4-9-15-29)42-26-35-43(32(37(42)47)25-30-16-10-5-11-17-30)38(48)33(18-19-34(40)45)51-44(35)39(49)50-23-21-28-12-6-3-7-13-28/h3-18,27,31-32,35H,19-26H2,1-2H3,(H2,40,45)(H,41,46)/b33-18-/t31-,32-,35?/m0/s1. The number of nitrogens with zero attached hydrogens (tertiary/aromatic N) is 3. The summed E-state index contributed by atoms with van der Waals surface area (Å²) in [5, 5.41) is 3.93. The average Bonchev–Trinajstić information content (AvgIpc) is 3.12. The van der Waals surface area contributed by atoms with Crippen LogP contribution in [0.15, 0.2) is 103 Å². The van der Waals surface area contributed by atoms with Gasteiger partial charge in [0.25, 0.3) is 5.91 Å². The van der Waals surface area contributed by atoms with Crippen molar-refractivity contribution in [3.05, 3.63) is 120 Å². The summed E-state index contributed by atoms with van der Waals surface area (Å²) in [6.45, 7) is 4.31. The zero-order chi connectivity index (χ0) is 36.3. The number of primary amides is 1. The third-order valence-corrected chi connectivity index (χ3v) is 8.87. The summed E-state index contributed by atoms with van der Waals surface area (Å²) in [5.74, 6) is -2.20. The number of hydrogen-bond donors (Lipinski definition) is 2. The largest absolute Gasteiger partial charge is 0.447 e. The zero-order valence-corrected chi connectivity index (χ0v) is 29.0. The lowest BCUT2D eigenvalue weighted by atomic mass is 9.95. The Balaban J connectivity index is 1.53. The van der Waals surface area contributed by atoms with Crippen LogP contribution in [0.2, 0.25) is 0 Å². The number of rotatable bonds is 14. The number of hydrogen-bond acceptors (Lipinski definition) is 7. The van der Waals surface area contributed by atoms with E-state index in [-0.39, 0.29) is 44.1 Å². The first-order valence-corrected chi connectivity index (χ1v) is 17.3. The van der Waals surface area contributed by atoms with E-state index < -0.39 is 42.1 Å². The van der Waals surface area contributed by atoms with E-state index in [1.807, 2.05) is 91.0 Å². The molecule has 0 saturated carbocycles. The lowest BCUT2D eigenvalue weighted by Crippen LogP contribution is -2.73. The molecule has 5 amide bonds. The van der Waals surface area contributed by atoms with Crippen LogP contribution in [0.3, 0.4) is 0 Å². The summed E-state index contributed by atoms with van der Waals surface area (Å²) in [6.07, 6.45) is 0.256. The Labute approximate surface area is 298 Å². The van der Waals surface area contributed by atoms with Crippen molar-refractivity contribution in [2.75, 3.05) is 19.7 Å². The molecule has 3 atom stereocenters. The minimum absolute atomic E-state index is 0.00862. The van der Waals surface area contributed by atoms with Gasteiger partial charge in [-0.05, 0) is 35.1 Å². The van der Waals surface area contributed by atoms with Gasteiger partial charge in [0.05, 0.1) is 13.2 Å². The van der Waals surface area contributed by atoms with Crippen LogP contribution in [0, 0.1) is 5.92 Å². The van der Waals surface area contributed by atoms with Gasteiger partial charge in [0.15, 0.2) is 6.17 Å².